The Morgan fingerprint density at radius 2 is 1.12 bits per heavy atom. The topological polar surface area (TPSA) is 34.0 Å². The van der Waals surface area contributed by atoms with E-state index in [1.54, 1.807) is 0 Å². The number of anilines is 2. The highest BCUT2D eigenvalue weighted by Crippen LogP contribution is 2.47. The maximum absolute atomic E-state index is 5.24. The molecular formula is C53H36N4. The van der Waals surface area contributed by atoms with Gasteiger partial charge in [-0.05, 0) is 53.1 Å². The van der Waals surface area contributed by atoms with Crippen molar-refractivity contribution >= 4 is 38.8 Å². The van der Waals surface area contributed by atoms with Gasteiger partial charge in [0.2, 0.25) is 0 Å². The van der Waals surface area contributed by atoms with Crippen LogP contribution in [-0.4, -0.2) is 21.1 Å². The largest absolute Gasteiger partial charge is 0.337 e. The Morgan fingerprint density at radius 1 is 0.474 bits per heavy atom. The van der Waals surface area contributed by atoms with Gasteiger partial charge >= 0.3 is 0 Å². The highest BCUT2D eigenvalue weighted by Gasteiger charge is 2.24. The van der Waals surface area contributed by atoms with Crippen molar-refractivity contribution in [2.45, 2.75) is 0 Å². The highest BCUT2D eigenvalue weighted by molar-refractivity contribution is 6.17. The standard InChI is InChI=1S/C53H36N4/c1-35-15-4-3-13-32-56(49-24-11-9-18-40(35)49)39-29-26-36(27-30-39)47-34-48(55-53(54-47)37-16-5-2-6-17-37)38-28-31-44-46-23-14-22-45-42-20-8-7-19-41(42)43-21-10-12-25-50(43)57(52(45)46)51(44)33-38/h2-31,33-34H,1,32H2/b13-3-,15-4-. The summed E-state index contributed by atoms with van der Waals surface area (Å²) in [5, 5.41) is 2.46. The van der Waals surface area contributed by atoms with E-state index in [9.17, 15) is 0 Å². The van der Waals surface area contributed by atoms with E-state index < -0.39 is 0 Å². The predicted molar refractivity (Wildman–Crippen MR) is 238 cm³/mol. The Balaban J connectivity index is 1.07. The summed E-state index contributed by atoms with van der Waals surface area (Å²) in [5.41, 5.74) is 17.6. The third kappa shape index (κ3) is 5.45. The van der Waals surface area contributed by atoms with E-state index in [1.807, 2.05) is 18.2 Å². The minimum absolute atomic E-state index is 0.693. The van der Waals surface area contributed by atoms with E-state index in [-0.39, 0.29) is 0 Å². The molecule has 9 aromatic rings. The van der Waals surface area contributed by atoms with Gasteiger partial charge in [0.05, 0.1) is 28.1 Å². The number of hydrogen-bond acceptors (Lipinski definition) is 3. The summed E-state index contributed by atoms with van der Waals surface area (Å²) in [7, 11) is 0. The first-order chi connectivity index (χ1) is 28.2. The first-order valence-corrected chi connectivity index (χ1v) is 19.4. The summed E-state index contributed by atoms with van der Waals surface area (Å²) in [6.07, 6.45) is 8.41. The molecule has 4 heterocycles. The second kappa shape index (κ2) is 13.3. The fourth-order valence-corrected chi connectivity index (χ4v) is 8.64. The average Bonchev–Trinajstić information content (AvgIpc) is 3.58. The second-order valence-corrected chi connectivity index (χ2v) is 14.6. The predicted octanol–water partition coefficient (Wildman–Crippen LogP) is 13.5. The van der Waals surface area contributed by atoms with Crippen molar-refractivity contribution in [3.05, 3.63) is 206 Å². The Labute approximate surface area is 331 Å². The molecule has 0 atom stereocenters. The molecule has 2 aliphatic rings. The molecular weight excluding hydrogens is 693 g/mol. The molecule has 0 aliphatic carbocycles. The molecule has 7 aromatic carbocycles. The smallest absolute Gasteiger partial charge is 0.160 e. The lowest BCUT2D eigenvalue weighted by Crippen LogP contribution is -2.18. The molecule has 4 heteroatoms. The summed E-state index contributed by atoms with van der Waals surface area (Å²) in [4.78, 5) is 12.8. The van der Waals surface area contributed by atoms with Crippen LogP contribution in [0.1, 0.15) is 5.56 Å². The number of para-hydroxylation sites is 3. The minimum Gasteiger partial charge on any atom is -0.337 e. The minimum atomic E-state index is 0.693. The molecule has 4 nitrogen and oxygen atoms in total. The average molecular weight is 729 g/mol. The fourth-order valence-electron chi connectivity index (χ4n) is 8.64. The number of allylic oxidation sites excluding steroid dienone is 4. The summed E-state index contributed by atoms with van der Waals surface area (Å²) < 4.78 is 2.46. The van der Waals surface area contributed by atoms with E-state index in [2.05, 4.69) is 192 Å². The molecule has 0 saturated heterocycles. The zero-order valence-electron chi connectivity index (χ0n) is 31.2. The number of aromatic nitrogens is 3. The highest BCUT2D eigenvalue weighted by atomic mass is 15.1. The Bertz CT molecular complexity index is 3110. The van der Waals surface area contributed by atoms with E-state index >= 15 is 0 Å². The van der Waals surface area contributed by atoms with Crippen molar-refractivity contribution < 1.29 is 0 Å². The Hall–Kier alpha value is -7.56. The van der Waals surface area contributed by atoms with Gasteiger partial charge in [-0.25, -0.2) is 9.97 Å². The molecule has 0 unspecified atom stereocenters. The molecule has 0 fully saturated rings. The van der Waals surface area contributed by atoms with Gasteiger partial charge in [-0.3, -0.25) is 0 Å². The van der Waals surface area contributed by atoms with Gasteiger partial charge in [0, 0.05) is 62.1 Å². The lowest BCUT2D eigenvalue weighted by Gasteiger charge is -2.26. The summed E-state index contributed by atoms with van der Waals surface area (Å²) in [5.74, 6) is 0.693. The first kappa shape index (κ1) is 32.8. The lowest BCUT2D eigenvalue weighted by atomic mass is 9.93. The third-order valence-corrected chi connectivity index (χ3v) is 11.3. The van der Waals surface area contributed by atoms with Gasteiger partial charge in [-0.1, -0.05) is 164 Å². The molecule has 2 aliphatic heterocycles. The zero-order valence-corrected chi connectivity index (χ0v) is 31.2. The monoisotopic (exact) mass is 728 g/mol. The van der Waals surface area contributed by atoms with Gasteiger partial charge < -0.3 is 9.47 Å². The van der Waals surface area contributed by atoms with E-state index in [0.717, 1.165) is 62.7 Å². The first-order valence-electron chi connectivity index (χ1n) is 19.4. The second-order valence-electron chi connectivity index (χ2n) is 14.6. The molecule has 57 heavy (non-hydrogen) atoms. The van der Waals surface area contributed by atoms with Crippen molar-refractivity contribution in [2.75, 3.05) is 11.4 Å². The lowest BCUT2D eigenvalue weighted by molar-refractivity contribution is 1.09. The quantitative estimate of drug-likeness (QED) is 0.181. The number of nitrogens with zero attached hydrogens (tertiary/aromatic N) is 4. The van der Waals surface area contributed by atoms with Crippen LogP contribution in [0.4, 0.5) is 11.4 Å². The van der Waals surface area contributed by atoms with Crippen molar-refractivity contribution in [3.63, 3.8) is 0 Å². The SMILES string of the molecule is C=C1/C=C\C=C/CN(c2ccc(-c3cc(-c4ccc5c6cccc7c6n(c5c4)-c4ccccc4-c4ccccc4-7)nc(-c4ccccc4)n3)cc2)c2ccccc21. The van der Waals surface area contributed by atoms with Crippen LogP contribution in [0.15, 0.2) is 201 Å². The zero-order chi connectivity index (χ0) is 37.9. The Kier molecular flexibility index (Phi) is 7.68. The number of fused-ring (bicyclic) bond motifs is 9. The summed E-state index contributed by atoms with van der Waals surface area (Å²) >= 11 is 0. The van der Waals surface area contributed by atoms with E-state index in [0.29, 0.717) is 5.82 Å². The number of hydrogen-bond donors (Lipinski definition) is 0. The molecule has 0 spiro atoms. The van der Waals surface area contributed by atoms with Gasteiger partial charge in [0.25, 0.3) is 0 Å². The molecule has 2 aromatic heterocycles. The van der Waals surface area contributed by atoms with Crippen LogP contribution >= 0.6 is 0 Å². The van der Waals surface area contributed by atoms with Crippen LogP contribution < -0.4 is 4.90 Å². The van der Waals surface area contributed by atoms with Crippen LogP contribution in [0, 0.1) is 0 Å². The molecule has 268 valence electrons. The maximum Gasteiger partial charge on any atom is 0.160 e. The maximum atomic E-state index is 5.24. The van der Waals surface area contributed by atoms with Crippen molar-refractivity contribution in [2.24, 2.45) is 0 Å². The van der Waals surface area contributed by atoms with Crippen molar-refractivity contribution in [3.8, 4) is 61.8 Å². The van der Waals surface area contributed by atoms with E-state index in [1.165, 1.54) is 44.2 Å². The summed E-state index contributed by atoms with van der Waals surface area (Å²) in [6.45, 7) is 5.09. The molecule has 0 radical (unpaired) electrons. The van der Waals surface area contributed by atoms with Crippen LogP contribution in [0.5, 0.6) is 0 Å². The van der Waals surface area contributed by atoms with E-state index in [4.69, 9.17) is 9.97 Å². The Morgan fingerprint density at radius 3 is 1.93 bits per heavy atom. The normalized spacial score (nSPS) is 14.2. The van der Waals surface area contributed by atoms with Gasteiger partial charge in [0.1, 0.15) is 0 Å². The van der Waals surface area contributed by atoms with Crippen molar-refractivity contribution in [1.29, 1.82) is 0 Å². The van der Waals surface area contributed by atoms with Gasteiger partial charge in [-0.15, -0.1) is 0 Å². The molecule has 0 amide bonds. The van der Waals surface area contributed by atoms with Crippen LogP contribution in [0.3, 0.4) is 0 Å². The number of rotatable bonds is 4. The third-order valence-electron chi connectivity index (χ3n) is 11.3. The van der Waals surface area contributed by atoms with Crippen LogP contribution in [0.25, 0.3) is 89.2 Å². The summed E-state index contributed by atoms with van der Waals surface area (Å²) in [6, 6.07) is 60.7. The van der Waals surface area contributed by atoms with Crippen molar-refractivity contribution in [1.82, 2.24) is 14.5 Å². The molecule has 0 bridgehead atoms. The van der Waals surface area contributed by atoms with Gasteiger partial charge in [-0.2, -0.15) is 0 Å². The van der Waals surface area contributed by atoms with Crippen LogP contribution in [-0.2, 0) is 0 Å². The van der Waals surface area contributed by atoms with Gasteiger partial charge in [0.15, 0.2) is 5.82 Å². The van der Waals surface area contributed by atoms with Crippen LogP contribution in [0.2, 0.25) is 0 Å². The molecule has 0 saturated carbocycles. The number of benzene rings is 7. The fraction of sp³-hybridized carbons (Fsp3) is 0.0189. The molecule has 0 N–H and O–H groups in total. The molecule has 11 rings (SSSR count).